The zero-order valence-corrected chi connectivity index (χ0v) is 13.5. The first kappa shape index (κ1) is 14.4. The molecule has 6 heteroatoms. The summed E-state index contributed by atoms with van der Waals surface area (Å²) in [6, 6.07) is 2.65. The molecule has 0 unspecified atom stereocenters. The van der Waals surface area contributed by atoms with Gasteiger partial charge in [0.25, 0.3) is 0 Å². The maximum absolute atomic E-state index is 5.63. The van der Waals surface area contributed by atoms with Gasteiger partial charge in [0.15, 0.2) is 0 Å². The Hall–Kier alpha value is -1.24. The van der Waals surface area contributed by atoms with Crippen molar-refractivity contribution in [1.82, 2.24) is 14.9 Å². The molecule has 2 aromatic rings. The number of thiophene rings is 1. The maximum atomic E-state index is 5.63. The van der Waals surface area contributed by atoms with Crippen molar-refractivity contribution in [2.75, 3.05) is 38.2 Å². The molecule has 0 bridgehead atoms. The van der Waals surface area contributed by atoms with Crippen molar-refractivity contribution in [2.24, 2.45) is 5.92 Å². The fourth-order valence-electron chi connectivity index (χ4n) is 3.66. The molecule has 2 atom stereocenters. The second-order valence-electron chi connectivity index (χ2n) is 6.18. The largest absolute Gasteiger partial charge is 0.381 e. The van der Waals surface area contributed by atoms with Crippen LogP contribution in [0.4, 0.5) is 5.82 Å². The molecule has 5 nitrogen and oxygen atoms in total. The summed E-state index contributed by atoms with van der Waals surface area (Å²) in [6.45, 7) is 5.20. The van der Waals surface area contributed by atoms with E-state index in [1.807, 2.05) is 0 Å². The number of anilines is 1. The molecule has 2 saturated heterocycles. The monoisotopic (exact) mass is 318 g/mol. The first-order chi connectivity index (χ1) is 10.9. The van der Waals surface area contributed by atoms with Crippen molar-refractivity contribution < 1.29 is 4.74 Å². The SMILES string of the molecule is c1nc(NC[C@@H]([C@H]2CCOC2)N2CCCC2)c2ccsc2n1. The first-order valence-electron chi connectivity index (χ1n) is 8.16. The van der Waals surface area contributed by atoms with Crippen molar-refractivity contribution in [1.29, 1.82) is 0 Å². The van der Waals surface area contributed by atoms with Gasteiger partial charge >= 0.3 is 0 Å². The van der Waals surface area contributed by atoms with Crippen LogP contribution in [0.1, 0.15) is 19.3 Å². The minimum Gasteiger partial charge on any atom is -0.381 e. The normalized spacial score (nSPS) is 24.1. The van der Waals surface area contributed by atoms with Gasteiger partial charge in [-0.3, -0.25) is 4.90 Å². The summed E-state index contributed by atoms with van der Waals surface area (Å²) in [5.41, 5.74) is 0. The lowest BCUT2D eigenvalue weighted by molar-refractivity contribution is 0.142. The number of fused-ring (bicyclic) bond motifs is 1. The van der Waals surface area contributed by atoms with Gasteiger partial charge in [0, 0.05) is 25.1 Å². The van der Waals surface area contributed by atoms with Crippen LogP contribution in [-0.2, 0) is 4.74 Å². The third-order valence-electron chi connectivity index (χ3n) is 4.86. The molecule has 2 fully saturated rings. The molecule has 4 rings (SSSR count). The summed E-state index contributed by atoms with van der Waals surface area (Å²) in [5, 5.41) is 6.80. The summed E-state index contributed by atoms with van der Waals surface area (Å²) in [6.07, 6.45) is 5.49. The Kier molecular flexibility index (Phi) is 4.23. The third kappa shape index (κ3) is 2.83. The van der Waals surface area contributed by atoms with Crippen LogP contribution in [0.2, 0.25) is 0 Å². The molecule has 0 saturated carbocycles. The highest BCUT2D eigenvalue weighted by Gasteiger charge is 2.31. The van der Waals surface area contributed by atoms with E-state index in [4.69, 9.17) is 4.74 Å². The lowest BCUT2D eigenvalue weighted by atomic mass is 9.97. The highest BCUT2D eigenvalue weighted by molar-refractivity contribution is 7.16. The molecule has 2 aliphatic heterocycles. The van der Waals surface area contributed by atoms with Crippen LogP contribution in [-0.4, -0.2) is 53.8 Å². The Labute approximate surface area is 134 Å². The quantitative estimate of drug-likeness (QED) is 0.918. The number of hydrogen-bond acceptors (Lipinski definition) is 6. The molecule has 1 N–H and O–H groups in total. The lowest BCUT2D eigenvalue weighted by Crippen LogP contribution is -2.44. The number of nitrogens with zero attached hydrogens (tertiary/aromatic N) is 3. The standard InChI is InChI=1S/C16H22N4OS/c1-2-6-20(5-1)14(12-3-7-21-10-12)9-17-15-13-4-8-22-16(13)19-11-18-15/h4,8,11-12,14H,1-3,5-7,9-10H2,(H,17,18,19)/t12-,14-/m0/s1. The summed E-state index contributed by atoms with van der Waals surface area (Å²) >= 11 is 1.66. The molecule has 0 radical (unpaired) electrons. The van der Waals surface area contributed by atoms with E-state index in [1.54, 1.807) is 17.7 Å². The fraction of sp³-hybridized carbons (Fsp3) is 0.625. The Balaban J connectivity index is 1.50. The lowest BCUT2D eigenvalue weighted by Gasteiger charge is -2.32. The molecule has 2 aromatic heterocycles. The zero-order valence-electron chi connectivity index (χ0n) is 12.7. The van der Waals surface area contributed by atoms with E-state index in [1.165, 1.54) is 32.4 Å². The van der Waals surface area contributed by atoms with E-state index in [9.17, 15) is 0 Å². The van der Waals surface area contributed by atoms with Gasteiger partial charge in [-0.2, -0.15) is 0 Å². The number of ether oxygens (including phenoxy) is 1. The Morgan fingerprint density at radius 1 is 1.36 bits per heavy atom. The second-order valence-corrected chi connectivity index (χ2v) is 7.07. The van der Waals surface area contributed by atoms with E-state index in [-0.39, 0.29) is 0 Å². The van der Waals surface area contributed by atoms with E-state index >= 15 is 0 Å². The van der Waals surface area contributed by atoms with E-state index < -0.39 is 0 Å². The molecule has 2 aliphatic rings. The molecule has 118 valence electrons. The predicted molar refractivity (Wildman–Crippen MR) is 89.4 cm³/mol. The minimum atomic E-state index is 0.550. The average molecular weight is 318 g/mol. The Bertz CT molecular complexity index is 603. The highest BCUT2D eigenvalue weighted by atomic mass is 32.1. The van der Waals surface area contributed by atoms with Gasteiger partial charge in [0.2, 0.25) is 0 Å². The van der Waals surface area contributed by atoms with E-state index in [2.05, 4.69) is 31.6 Å². The summed E-state index contributed by atoms with van der Waals surface area (Å²) < 4.78 is 5.63. The number of likely N-dealkylation sites (tertiary alicyclic amines) is 1. The summed E-state index contributed by atoms with van der Waals surface area (Å²) in [4.78, 5) is 12.5. The van der Waals surface area contributed by atoms with Gasteiger partial charge in [0.05, 0.1) is 12.0 Å². The van der Waals surface area contributed by atoms with Crippen LogP contribution in [0.5, 0.6) is 0 Å². The van der Waals surface area contributed by atoms with Crippen LogP contribution in [0.25, 0.3) is 10.2 Å². The third-order valence-corrected chi connectivity index (χ3v) is 5.68. The molecule has 0 aliphatic carbocycles. The molecule has 0 amide bonds. The highest BCUT2D eigenvalue weighted by Crippen LogP contribution is 2.27. The smallest absolute Gasteiger partial charge is 0.138 e. The van der Waals surface area contributed by atoms with Gasteiger partial charge in [0.1, 0.15) is 17.0 Å². The fourth-order valence-corrected chi connectivity index (χ4v) is 4.39. The predicted octanol–water partition coefficient (Wildman–Crippen LogP) is 2.60. The van der Waals surface area contributed by atoms with Crippen LogP contribution in [0, 0.1) is 5.92 Å². The van der Waals surface area contributed by atoms with Gasteiger partial charge in [-0.25, -0.2) is 9.97 Å². The van der Waals surface area contributed by atoms with E-state index in [0.717, 1.165) is 35.8 Å². The summed E-state index contributed by atoms with van der Waals surface area (Å²) in [5.74, 6) is 1.61. The van der Waals surface area contributed by atoms with Crippen LogP contribution in [0.3, 0.4) is 0 Å². The number of rotatable bonds is 5. The van der Waals surface area contributed by atoms with Crippen LogP contribution < -0.4 is 5.32 Å². The van der Waals surface area contributed by atoms with Crippen molar-refractivity contribution >= 4 is 27.4 Å². The number of nitrogens with one attached hydrogen (secondary N) is 1. The Morgan fingerprint density at radius 2 is 2.27 bits per heavy atom. The van der Waals surface area contributed by atoms with Crippen molar-refractivity contribution in [3.63, 3.8) is 0 Å². The zero-order chi connectivity index (χ0) is 14.8. The average Bonchev–Trinajstić information content (AvgIpc) is 3.30. The summed E-state index contributed by atoms with van der Waals surface area (Å²) in [7, 11) is 0. The van der Waals surface area contributed by atoms with Gasteiger partial charge < -0.3 is 10.1 Å². The van der Waals surface area contributed by atoms with Crippen molar-refractivity contribution in [3.05, 3.63) is 17.8 Å². The minimum absolute atomic E-state index is 0.550. The van der Waals surface area contributed by atoms with Crippen molar-refractivity contribution in [2.45, 2.75) is 25.3 Å². The topological polar surface area (TPSA) is 50.3 Å². The van der Waals surface area contributed by atoms with Crippen molar-refractivity contribution in [3.8, 4) is 0 Å². The molecule has 0 aromatic carbocycles. The maximum Gasteiger partial charge on any atom is 0.138 e. The van der Waals surface area contributed by atoms with Gasteiger partial charge in [-0.15, -0.1) is 11.3 Å². The second kappa shape index (κ2) is 6.48. The first-order valence-corrected chi connectivity index (χ1v) is 9.03. The van der Waals surface area contributed by atoms with E-state index in [0.29, 0.717) is 12.0 Å². The molecule has 22 heavy (non-hydrogen) atoms. The van der Waals surface area contributed by atoms with Gasteiger partial charge in [-0.05, 0) is 43.8 Å². The van der Waals surface area contributed by atoms with Crippen LogP contribution >= 0.6 is 11.3 Å². The molecule has 4 heterocycles. The number of hydrogen-bond donors (Lipinski definition) is 1. The molecule has 0 spiro atoms. The Morgan fingerprint density at radius 3 is 3.09 bits per heavy atom. The van der Waals surface area contributed by atoms with Crippen LogP contribution in [0.15, 0.2) is 17.8 Å². The van der Waals surface area contributed by atoms with Gasteiger partial charge in [-0.1, -0.05) is 0 Å². The number of aromatic nitrogens is 2. The molecular formula is C16H22N4OS. The molecular weight excluding hydrogens is 296 g/mol.